The van der Waals surface area contributed by atoms with E-state index in [4.69, 9.17) is 10.5 Å². The number of carbonyl (C=O) groups is 4. The number of aromatic nitrogens is 8. The number of nitrogens with one attached hydrogen (secondary N) is 5. The molecule has 16 rings (SSSR count). The van der Waals surface area contributed by atoms with Crippen LogP contribution in [0.2, 0.25) is 0 Å². The number of aryl methyl sites for hydroxylation is 1. The number of hydrogen-bond acceptors (Lipinski definition) is 27. The van der Waals surface area contributed by atoms with Crippen molar-refractivity contribution >= 4 is 119 Å². The number of nitrogens with zero attached hydrogens (tertiary/aromatic N) is 12. The van der Waals surface area contributed by atoms with Crippen LogP contribution >= 0.6 is 9.24 Å². The van der Waals surface area contributed by atoms with Gasteiger partial charge in [-0.15, -0.1) is 0 Å². The summed E-state index contributed by atoms with van der Waals surface area (Å²) in [5.41, 5.74) is 6.85. The topological polar surface area (TPSA) is 416 Å². The maximum atomic E-state index is 14.0. The van der Waals surface area contributed by atoms with E-state index in [1.807, 2.05) is 73.4 Å². The molecule has 8 aromatic heterocycles. The summed E-state index contributed by atoms with van der Waals surface area (Å²) in [5, 5.41) is 1.28. The third kappa shape index (κ3) is 24.3. The van der Waals surface area contributed by atoms with E-state index in [0.717, 1.165) is 74.0 Å². The maximum Gasteiger partial charge on any atom is 0.416 e. The number of halogens is 6. The molecule has 0 bridgehead atoms. The Kier molecular flexibility index (Phi) is 30.5. The van der Waals surface area contributed by atoms with Crippen LogP contribution in [0, 0.1) is 54.0 Å². The second-order valence-corrected chi connectivity index (χ2v) is 44.3. The Bertz CT molecular complexity index is 6910. The first-order valence-electron chi connectivity index (χ1n) is 44.2. The van der Waals surface area contributed by atoms with E-state index in [1.165, 1.54) is 123 Å². The fraction of sp³-hybridized carbons (Fsp3) is 0.354. The second kappa shape index (κ2) is 41.1. The van der Waals surface area contributed by atoms with Crippen molar-refractivity contribution in [1.29, 1.82) is 0 Å². The third-order valence-electron chi connectivity index (χ3n) is 24.6. The third-order valence-corrected chi connectivity index (χ3v) is 30.3. The summed E-state index contributed by atoms with van der Waals surface area (Å²) in [4.78, 5) is 94.1. The Morgan fingerprint density at radius 3 is 1.41 bits per heavy atom. The summed E-state index contributed by atoms with van der Waals surface area (Å²) in [6.45, 7) is 27.9. The first-order chi connectivity index (χ1) is 64.8. The van der Waals surface area contributed by atoms with Crippen molar-refractivity contribution in [2.24, 2.45) is 29.6 Å². The Balaban J connectivity index is 0.000000156. The Hall–Kier alpha value is -12.9. The van der Waals surface area contributed by atoms with Gasteiger partial charge in [-0.1, -0.05) is 97.4 Å². The van der Waals surface area contributed by atoms with Crippen LogP contribution in [-0.2, 0) is 52.9 Å². The molecule has 730 valence electrons. The smallest absolute Gasteiger partial charge is 0.416 e. The number of pyridine rings is 8. The SMILES string of the molecule is CC1(C)C(CC2CC2)CCN1c1ncccc1C(=O)NS(=O)(=O)c1cccc(N)n1.CC1CN(c2ncccc2C(=O)NS(=O)(=O)c2cccc(Nc3cc(F)c(F)cc3F)n2)C(C)(C)C1.C[C@@H]1CN(c2nc(-c3ccc(C(F)(F)F)cc3)ccc2C(=O)NS(=O)(=O)c2cccnc2P)C(C)(C)C1.Cc1ccccc1COc1cccc(S(=O)(=O)NC(=O)c2cccnc2N2CC(C)CC2(C)C)n1. The highest BCUT2D eigenvalue weighted by molar-refractivity contribution is 7.91. The summed E-state index contributed by atoms with van der Waals surface area (Å²) in [7, 11) is -14.9. The van der Waals surface area contributed by atoms with Gasteiger partial charge < -0.3 is 35.4 Å². The molecule has 1 aliphatic carbocycles. The average Bonchev–Trinajstić information content (AvgIpc) is 1.60. The molecule has 1 saturated carbocycles. The molecule has 11 aromatic rings. The summed E-state index contributed by atoms with van der Waals surface area (Å²) >= 11 is 0. The summed E-state index contributed by atoms with van der Waals surface area (Å²) < 4.78 is 197. The largest absolute Gasteiger partial charge is 0.473 e. The van der Waals surface area contributed by atoms with E-state index in [2.05, 4.69) is 127 Å². The average molecular weight is 1990 g/mol. The first-order valence-corrected chi connectivity index (χ1v) is 50.7. The number of amides is 4. The molecule has 3 aromatic carbocycles. The van der Waals surface area contributed by atoms with Gasteiger partial charge in [-0.3, -0.25) is 24.2 Å². The van der Waals surface area contributed by atoms with Crippen LogP contribution in [0.25, 0.3) is 11.3 Å². The van der Waals surface area contributed by atoms with E-state index < -0.39 is 109 Å². The van der Waals surface area contributed by atoms with Crippen LogP contribution in [-0.4, -0.2) is 146 Å². The molecule has 31 nitrogen and oxygen atoms in total. The molecule has 138 heavy (non-hydrogen) atoms. The number of sulfonamides is 4. The van der Waals surface area contributed by atoms with Crippen LogP contribution in [0.5, 0.6) is 5.88 Å². The van der Waals surface area contributed by atoms with Gasteiger partial charge in [0.25, 0.3) is 63.7 Å². The van der Waals surface area contributed by atoms with Gasteiger partial charge >= 0.3 is 6.18 Å². The van der Waals surface area contributed by atoms with Gasteiger partial charge in [0, 0.05) is 96.9 Å². The fourth-order valence-electron chi connectivity index (χ4n) is 17.8. The lowest BCUT2D eigenvalue weighted by molar-refractivity contribution is -0.137. The number of nitrogen functional groups attached to an aromatic ring is 1. The molecule has 4 amide bonds. The highest BCUT2D eigenvalue weighted by Crippen LogP contribution is 2.48. The number of rotatable bonds is 24. The molecule has 12 heterocycles. The molecule has 7 N–H and O–H groups in total. The predicted molar refractivity (Wildman–Crippen MR) is 514 cm³/mol. The molecule has 4 aliphatic heterocycles. The van der Waals surface area contributed by atoms with Gasteiger partial charge in [0.15, 0.2) is 26.7 Å². The lowest BCUT2D eigenvalue weighted by Crippen LogP contribution is -2.44. The van der Waals surface area contributed by atoms with Gasteiger partial charge in [-0.05, 0) is 238 Å². The highest BCUT2D eigenvalue weighted by Gasteiger charge is 2.47. The summed E-state index contributed by atoms with van der Waals surface area (Å²) in [6, 6.07) is 40.9. The number of ether oxygens (including phenoxy) is 1. The number of alkyl halides is 3. The van der Waals surface area contributed by atoms with E-state index in [1.54, 1.807) is 42.7 Å². The molecule has 0 radical (unpaired) electrons. The minimum atomic E-state index is -4.47. The molecule has 0 spiro atoms. The maximum absolute atomic E-state index is 14.0. The minimum Gasteiger partial charge on any atom is -0.473 e. The molecular formula is C96H107F6N18O13PS4. The lowest BCUT2D eigenvalue weighted by atomic mass is 9.84. The monoisotopic (exact) mass is 1990 g/mol. The Morgan fingerprint density at radius 1 is 0.478 bits per heavy atom. The number of carbonyl (C=O) groups excluding carboxylic acids is 4. The zero-order valence-corrected chi connectivity index (χ0v) is 82.1. The number of anilines is 7. The quantitative estimate of drug-likeness (QED) is 0.0186. The molecule has 4 unspecified atom stereocenters. The zero-order valence-electron chi connectivity index (χ0n) is 77.7. The summed E-state index contributed by atoms with van der Waals surface area (Å²) in [6.07, 6.45) is 9.21. The normalized spacial score (nSPS) is 18.1. The van der Waals surface area contributed by atoms with Crippen molar-refractivity contribution in [3.05, 3.63) is 257 Å². The fourth-order valence-corrected chi connectivity index (χ4v) is 22.3. The van der Waals surface area contributed by atoms with Gasteiger partial charge in [0.1, 0.15) is 52.2 Å². The molecule has 5 atom stereocenters. The van der Waals surface area contributed by atoms with Crippen molar-refractivity contribution in [2.75, 3.05) is 56.8 Å². The Labute approximate surface area is 800 Å². The van der Waals surface area contributed by atoms with Gasteiger partial charge in [0.2, 0.25) is 5.88 Å². The molecular weight excluding hydrogens is 1890 g/mol. The van der Waals surface area contributed by atoms with E-state index in [0.29, 0.717) is 71.7 Å². The van der Waals surface area contributed by atoms with Crippen molar-refractivity contribution in [2.45, 2.75) is 183 Å². The van der Waals surface area contributed by atoms with Crippen LogP contribution in [0.4, 0.5) is 66.9 Å². The van der Waals surface area contributed by atoms with Crippen LogP contribution < -0.4 is 59.7 Å². The molecule has 5 aliphatic rings. The standard InChI is InChI=1S/C26H30N4O4S.C25H26F3N4O3PS.C24H24F3N5O3S.C21H27N5O3S/c1-18-15-26(3,4)30(16-18)24-21(11-8-14-27-24)25(31)29-35(32,33)23-13-7-12-22(28-23)34-17-20-10-6-5-9-19(20)2;1-15-13-24(2,3)32(14-15)21-18(22(33)31-37(34,35)20-5-4-12-29-23(20)36)10-11-19(30-21)16-6-8-17(9-7-16)25(26,27)28;1-14-12-24(2,3)32(13-14)22-15(6-5-9-28-22)23(33)31-36(34,35)21-8-4-7-20(30-21)29-19-11-17(26)16(25)10-18(19)27;1-21(2)15(13-14-8-9-14)10-12-26(21)19-16(5-4-11-23-19)20(27)25-30(28,29)18-7-3-6-17(22)24-18/h5-14,18H,15-17H2,1-4H3,(H,29,31);4-12,15H,13-14,36H2,1-3H3,(H,31,33);4-11,14H,12-13H2,1-3H3,(H,29,30)(H,31,33);3-7,11,14-15H,8-10,12-13H2,1-2H3,(H2,22,24)(H,25,27)/t;15-;;/m.0../s1. The number of hydrogen-bond donors (Lipinski definition) is 6. The second-order valence-electron chi connectivity index (χ2n) is 37.2. The number of benzene rings is 3. The minimum absolute atomic E-state index is 0.0376. The summed E-state index contributed by atoms with van der Waals surface area (Å²) in [5.74, 6) is -2.94. The molecule has 5 fully saturated rings. The predicted octanol–water partition coefficient (Wildman–Crippen LogP) is 15.5. The Morgan fingerprint density at radius 2 is 0.928 bits per heavy atom. The van der Waals surface area contributed by atoms with Crippen molar-refractivity contribution in [3.8, 4) is 17.1 Å². The van der Waals surface area contributed by atoms with Crippen molar-refractivity contribution in [3.63, 3.8) is 0 Å². The van der Waals surface area contributed by atoms with Gasteiger partial charge in [0.05, 0.1) is 44.6 Å². The number of nitrogens with two attached hydrogens (primary N) is 1. The van der Waals surface area contributed by atoms with E-state index in [9.17, 15) is 79.2 Å². The van der Waals surface area contributed by atoms with Crippen LogP contribution in [0.15, 0.2) is 221 Å². The van der Waals surface area contributed by atoms with E-state index >= 15 is 0 Å². The van der Waals surface area contributed by atoms with Crippen molar-refractivity contribution < 1.29 is 83.9 Å². The first kappa shape index (κ1) is 103. The van der Waals surface area contributed by atoms with Crippen LogP contribution in [0.3, 0.4) is 0 Å². The van der Waals surface area contributed by atoms with E-state index in [-0.39, 0.29) is 95.1 Å². The molecule has 42 heteroatoms. The highest BCUT2D eigenvalue weighted by atomic mass is 32.2. The van der Waals surface area contributed by atoms with Gasteiger partial charge in [-0.25, -0.2) is 70.4 Å². The zero-order chi connectivity index (χ0) is 100. The van der Waals surface area contributed by atoms with Crippen LogP contribution in [0.1, 0.15) is 179 Å². The van der Waals surface area contributed by atoms with Gasteiger partial charge in [-0.2, -0.15) is 43.4 Å². The van der Waals surface area contributed by atoms with Crippen molar-refractivity contribution in [1.82, 2.24) is 58.8 Å². The molecule has 4 saturated heterocycles. The lowest BCUT2D eigenvalue weighted by Gasteiger charge is -2.37.